The molecule has 3 aromatic rings. The van der Waals surface area contributed by atoms with Gasteiger partial charge in [-0.25, -0.2) is 4.98 Å². The van der Waals surface area contributed by atoms with E-state index in [9.17, 15) is 9.59 Å². The van der Waals surface area contributed by atoms with Crippen molar-refractivity contribution in [2.24, 2.45) is 0 Å². The summed E-state index contributed by atoms with van der Waals surface area (Å²) < 4.78 is 5.14. The van der Waals surface area contributed by atoms with Gasteiger partial charge in [0.1, 0.15) is 11.4 Å². The van der Waals surface area contributed by atoms with E-state index in [0.29, 0.717) is 23.5 Å². The van der Waals surface area contributed by atoms with Gasteiger partial charge in [0.25, 0.3) is 5.91 Å². The standard InChI is InChI=1S/C22H21N3O3/c1-15(26)17-4-3-5-18(12-17)25-22(27)21-11-8-19(14-24-21)23-13-16-6-9-20(28-2)10-7-16/h3-12,14,23H,13H2,1-2H3,(H,25,27). The zero-order valence-electron chi connectivity index (χ0n) is 15.7. The fourth-order valence-corrected chi connectivity index (χ4v) is 2.59. The number of nitrogens with zero attached hydrogens (tertiary/aromatic N) is 1. The third-order valence-electron chi connectivity index (χ3n) is 4.18. The van der Waals surface area contributed by atoms with Crippen LogP contribution >= 0.6 is 0 Å². The van der Waals surface area contributed by atoms with Crippen molar-refractivity contribution in [3.05, 3.63) is 83.7 Å². The fourth-order valence-electron chi connectivity index (χ4n) is 2.59. The summed E-state index contributed by atoms with van der Waals surface area (Å²) in [5.74, 6) is 0.429. The highest BCUT2D eigenvalue weighted by Gasteiger charge is 2.09. The Labute approximate surface area is 163 Å². The minimum absolute atomic E-state index is 0.0542. The summed E-state index contributed by atoms with van der Waals surface area (Å²) in [5, 5.41) is 6.02. The second-order valence-electron chi connectivity index (χ2n) is 6.22. The van der Waals surface area contributed by atoms with Crippen molar-refractivity contribution in [2.45, 2.75) is 13.5 Å². The lowest BCUT2D eigenvalue weighted by Gasteiger charge is -2.09. The molecule has 3 rings (SSSR count). The minimum atomic E-state index is -0.331. The van der Waals surface area contributed by atoms with Crippen LogP contribution in [0.2, 0.25) is 0 Å². The molecule has 0 atom stereocenters. The number of ketones is 1. The van der Waals surface area contributed by atoms with E-state index in [-0.39, 0.29) is 11.7 Å². The predicted molar refractivity (Wildman–Crippen MR) is 109 cm³/mol. The lowest BCUT2D eigenvalue weighted by molar-refractivity contribution is 0.100. The van der Waals surface area contributed by atoms with Crippen molar-refractivity contribution in [3.8, 4) is 5.75 Å². The Bertz CT molecular complexity index is 967. The molecule has 0 saturated carbocycles. The maximum absolute atomic E-state index is 12.4. The SMILES string of the molecule is COc1ccc(CNc2ccc(C(=O)Nc3cccc(C(C)=O)c3)nc2)cc1. The highest BCUT2D eigenvalue weighted by atomic mass is 16.5. The molecule has 1 aromatic heterocycles. The highest BCUT2D eigenvalue weighted by Crippen LogP contribution is 2.15. The molecule has 6 nitrogen and oxygen atoms in total. The topological polar surface area (TPSA) is 80.3 Å². The van der Waals surface area contributed by atoms with Crippen LogP contribution < -0.4 is 15.4 Å². The van der Waals surface area contributed by atoms with Crippen molar-refractivity contribution in [1.82, 2.24) is 4.98 Å². The molecule has 0 bridgehead atoms. The summed E-state index contributed by atoms with van der Waals surface area (Å²) in [6, 6.07) is 18.0. The molecule has 0 aliphatic rings. The van der Waals surface area contributed by atoms with E-state index >= 15 is 0 Å². The van der Waals surface area contributed by atoms with Crippen LogP contribution in [0.15, 0.2) is 66.9 Å². The minimum Gasteiger partial charge on any atom is -0.497 e. The van der Waals surface area contributed by atoms with E-state index in [4.69, 9.17) is 4.74 Å². The maximum Gasteiger partial charge on any atom is 0.274 e. The Morgan fingerprint density at radius 2 is 1.79 bits per heavy atom. The van der Waals surface area contributed by atoms with Gasteiger partial charge in [0.15, 0.2) is 5.78 Å². The van der Waals surface area contributed by atoms with Gasteiger partial charge in [0, 0.05) is 17.8 Å². The third-order valence-corrected chi connectivity index (χ3v) is 4.18. The first-order valence-electron chi connectivity index (χ1n) is 8.80. The molecule has 2 N–H and O–H groups in total. The fraction of sp³-hybridized carbons (Fsp3) is 0.136. The quantitative estimate of drug-likeness (QED) is 0.606. The van der Waals surface area contributed by atoms with Gasteiger partial charge in [-0.1, -0.05) is 24.3 Å². The number of hydrogen-bond donors (Lipinski definition) is 2. The molecule has 1 amide bonds. The molecule has 0 radical (unpaired) electrons. The van der Waals surface area contributed by atoms with Gasteiger partial charge < -0.3 is 15.4 Å². The van der Waals surface area contributed by atoms with Crippen molar-refractivity contribution in [1.29, 1.82) is 0 Å². The van der Waals surface area contributed by atoms with Crippen LogP contribution in [0.5, 0.6) is 5.75 Å². The van der Waals surface area contributed by atoms with Gasteiger partial charge >= 0.3 is 0 Å². The molecule has 28 heavy (non-hydrogen) atoms. The second kappa shape index (κ2) is 8.81. The van der Waals surface area contributed by atoms with Gasteiger partial charge in [-0.2, -0.15) is 0 Å². The highest BCUT2D eigenvalue weighted by molar-refractivity contribution is 6.04. The molecule has 0 aliphatic carbocycles. The number of Topliss-reactive ketones (excluding diaryl/α,β-unsaturated/α-hetero) is 1. The lowest BCUT2D eigenvalue weighted by Crippen LogP contribution is -2.14. The molecule has 142 valence electrons. The van der Waals surface area contributed by atoms with E-state index in [2.05, 4.69) is 15.6 Å². The van der Waals surface area contributed by atoms with Gasteiger partial charge in [0.05, 0.1) is 19.0 Å². The number of aromatic nitrogens is 1. The molecule has 0 aliphatic heterocycles. The first-order chi connectivity index (χ1) is 13.5. The van der Waals surface area contributed by atoms with Crippen LogP contribution in [0.1, 0.15) is 33.3 Å². The number of carbonyl (C=O) groups excluding carboxylic acids is 2. The van der Waals surface area contributed by atoms with Crippen molar-refractivity contribution in [2.75, 3.05) is 17.7 Å². The molecule has 0 spiro atoms. The average Bonchev–Trinajstić information content (AvgIpc) is 2.73. The van der Waals surface area contributed by atoms with Crippen LogP contribution in [0.4, 0.5) is 11.4 Å². The Hall–Kier alpha value is -3.67. The maximum atomic E-state index is 12.4. The summed E-state index contributed by atoms with van der Waals surface area (Å²) in [5.41, 5.74) is 3.31. The van der Waals surface area contributed by atoms with Crippen molar-refractivity contribution in [3.63, 3.8) is 0 Å². The summed E-state index contributed by atoms with van der Waals surface area (Å²) in [6.07, 6.45) is 1.62. The number of rotatable bonds is 7. The number of anilines is 2. The molecule has 0 saturated heterocycles. The third kappa shape index (κ3) is 4.94. The van der Waals surface area contributed by atoms with Gasteiger partial charge in [-0.15, -0.1) is 0 Å². The van der Waals surface area contributed by atoms with Crippen LogP contribution in [-0.2, 0) is 6.54 Å². The summed E-state index contributed by atoms with van der Waals surface area (Å²) in [6.45, 7) is 2.12. The molecule has 2 aromatic carbocycles. The first-order valence-corrected chi connectivity index (χ1v) is 8.80. The van der Waals surface area contributed by atoms with E-state index in [0.717, 1.165) is 17.0 Å². The Morgan fingerprint density at radius 1 is 1.00 bits per heavy atom. The number of amides is 1. The van der Waals surface area contributed by atoms with Crippen LogP contribution in [0, 0.1) is 0 Å². The second-order valence-corrected chi connectivity index (χ2v) is 6.22. The smallest absolute Gasteiger partial charge is 0.274 e. The largest absolute Gasteiger partial charge is 0.497 e. The normalized spacial score (nSPS) is 10.2. The monoisotopic (exact) mass is 375 g/mol. The predicted octanol–water partition coefficient (Wildman–Crippen LogP) is 4.16. The number of hydrogen-bond acceptors (Lipinski definition) is 5. The number of ether oxygens (including phenoxy) is 1. The van der Waals surface area contributed by atoms with Gasteiger partial charge in [-0.3, -0.25) is 9.59 Å². The van der Waals surface area contributed by atoms with E-state index in [1.807, 2.05) is 24.3 Å². The van der Waals surface area contributed by atoms with Crippen LogP contribution in [0.3, 0.4) is 0 Å². The first kappa shape index (κ1) is 19.1. The zero-order chi connectivity index (χ0) is 19.9. The zero-order valence-corrected chi connectivity index (χ0v) is 15.7. The number of nitrogens with one attached hydrogen (secondary N) is 2. The summed E-state index contributed by atoms with van der Waals surface area (Å²) in [4.78, 5) is 28.0. The van der Waals surface area contributed by atoms with E-state index in [1.165, 1.54) is 6.92 Å². The lowest BCUT2D eigenvalue weighted by atomic mass is 10.1. The van der Waals surface area contributed by atoms with Crippen molar-refractivity contribution >= 4 is 23.1 Å². The van der Waals surface area contributed by atoms with Crippen LogP contribution in [-0.4, -0.2) is 23.8 Å². The van der Waals surface area contributed by atoms with Crippen LogP contribution in [0.25, 0.3) is 0 Å². The Kier molecular flexibility index (Phi) is 6.01. The molecular weight excluding hydrogens is 354 g/mol. The van der Waals surface area contributed by atoms with Crippen molar-refractivity contribution < 1.29 is 14.3 Å². The van der Waals surface area contributed by atoms with E-state index < -0.39 is 0 Å². The number of pyridine rings is 1. The molecular formula is C22H21N3O3. The Morgan fingerprint density at radius 3 is 2.43 bits per heavy atom. The molecule has 6 heteroatoms. The summed E-state index contributed by atoms with van der Waals surface area (Å²) in [7, 11) is 1.64. The summed E-state index contributed by atoms with van der Waals surface area (Å²) >= 11 is 0. The Balaban J connectivity index is 1.59. The molecule has 0 fully saturated rings. The number of carbonyl (C=O) groups is 2. The average molecular weight is 375 g/mol. The van der Waals surface area contributed by atoms with Gasteiger partial charge in [0.2, 0.25) is 0 Å². The molecule has 1 heterocycles. The number of benzene rings is 2. The van der Waals surface area contributed by atoms with Gasteiger partial charge in [-0.05, 0) is 48.9 Å². The molecule has 0 unspecified atom stereocenters. The number of methoxy groups -OCH3 is 1. The van der Waals surface area contributed by atoms with E-state index in [1.54, 1.807) is 49.7 Å².